The number of carbonyl (C=O) groups excluding carboxylic acids is 1. The fourth-order valence-electron chi connectivity index (χ4n) is 4.23. The van der Waals surface area contributed by atoms with Gasteiger partial charge < -0.3 is 5.32 Å². The fourth-order valence-corrected chi connectivity index (χ4v) is 6.54. The molecule has 0 saturated heterocycles. The first-order valence-corrected chi connectivity index (χ1v) is 14.7. The van der Waals surface area contributed by atoms with Gasteiger partial charge in [0.1, 0.15) is 0 Å². The van der Waals surface area contributed by atoms with Gasteiger partial charge in [-0.1, -0.05) is 83.6 Å². The van der Waals surface area contributed by atoms with Gasteiger partial charge in [0.25, 0.3) is 15.9 Å². The van der Waals surface area contributed by atoms with Gasteiger partial charge in [0, 0.05) is 5.02 Å². The molecule has 5 rings (SSSR count). The van der Waals surface area contributed by atoms with E-state index >= 15 is 0 Å². The number of halogens is 1. The maximum atomic E-state index is 13.4. The molecule has 198 valence electrons. The minimum atomic E-state index is -4.07. The number of amides is 1. The van der Waals surface area contributed by atoms with Crippen molar-refractivity contribution in [3.8, 4) is 0 Å². The molecular formula is C29H24ClN3O4S2. The molecule has 0 aliphatic heterocycles. The second kappa shape index (κ2) is 11.1. The third kappa shape index (κ3) is 5.75. The van der Waals surface area contributed by atoms with Crippen molar-refractivity contribution in [1.82, 2.24) is 9.88 Å². The van der Waals surface area contributed by atoms with Crippen molar-refractivity contribution in [2.24, 2.45) is 0 Å². The van der Waals surface area contributed by atoms with E-state index in [1.165, 1.54) is 18.2 Å². The van der Waals surface area contributed by atoms with Gasteiger partial charge in [-0.15, -0.1) is 0 Å². The molecule has 2 N–H and O–H groups in total. The Morgan fingerprint density at radius 2 is 1.64 bits per heavy atom. The monoisotopic (exact) mass is 577 g/mol. The molecular weight excluding hydrogens is 554 g/mol. The molecule has 0 bridgehead atoms. The van der Waals surface area contributed by atoms with E-state index in [0.29, 0.717) is 15.2 Å². The SMILES string of the molecule is CC(NC(=O)c1ccccc1NS(=O)(=O)c1ccc2c(c1)sc(=O)n2Cc1ccccc1Cl)c1ccccc1. The van der Waals surface area contributed by atoms with Crippen molar-refractivity contribution in [2.45, 2.75) is 24.4 Å². The molecule has 5 aromatic rings. The summed E-state index contributed by atoms with van der Waals surface area (Å²) < 4.78 is 31.3. The molecule has 1 atom stereocenters. The molecule has 0 aliphatic rings. The summed E-state index contributed by atoms with van der Waals surface area (Å²) in [5.41, 5.74) is 2.67. The van der Waals surface area contributed by atoms with E-state index in [0.717, 1.165) is 22.5 Å². The van der Waals surface area contributed by atoms with E-state index < -0.39 is 15.9 Å². The number of thiazole rings is 1. The highest BCUT2D eigenvalue weighted by Gasteiger charge is 2.21. The van der Waals surface area contributed by atoms with Gasteiger partial charge in [-0.2, -0.15) is 0 Å². The molecule has 0 fully saturated rings. The predicted molar refractivity (Wildman–Crippen MR) is 156 cm³/mol. The number of rotatable bonds is 8. The van der Waals surface area contributed by atoms with Crippen LogP contribution < -0.4 is 14.9 Å². The van der Waals surface area contributed by atoms with Crippen LogP contribution in [0.25, 0.3) is 10.2 Å². The maximum Gasteiger partial charge on any atom is 0.308 e. The van der Waals surface area contributed by atoms with Crippen molar-refractivity contribution < 1.29 is 13.2 Å². The lowest BCUT2D eigenvalue weighted by Gasteiger charge is -2.17. The Kier molecular flexibility index (Phi) is 7.56. The zero-order chi connectivity index (χ0) is 27.6. The van der Waals surface area contributed by atoms with Crippen molar-refractivity contribution >= 4 is 54.8 Å². The number of aromatic nitrogens is 1. The zero-order valence-corrected chi connectivity index (χ0v) is 23.2. The van der Waals surface area contributed by atoms with Crippen LogP contribution in [-0.2, 0) is 16.6 Å². The third-order valence-electron chi connectivity index (χ3n) is 6.30. The van der Waals surface area contributed by atoms with Crippen LogP contribution in [0.1, 0.15) is 34.5 Å². The lowest BCUT2D eigenvalue weighted by atomic mass is 10.1. The first kappa shape index (κ1) is 26.7. The Balaban J connectivity index is 1.40. The summed E-state index contributed by atoms with van der Waals surface area (Å²) in [5.74, 6) is -0.407. The molecule has 0 saturated carbocycles. The summed E-state index contributed by atoms with van der Waals surface area (Å²) >= 11 is 7.23. The molecule has 0 aliphatic carbocycles. The number of nitrogens with one attached hydrogen (secondary N) is 2. The largest absolute Gasteiger partial charge is 0.345 e. The van der Waals surface area contributed by atoms with Crippen molar-refractivity contribution in [2.75, 3.05) is 4.72 Å². The normalized spacial score (nSPS) is 12.3. The van der Waals surface area contributed by atoms with Crippen LogP contribution in [0, 0.1) is 0 Å². The van der Waals surface area contributed by atoms with E-state index in [-0.39, 0.29) is 33.6 Å². The van der Waals surface area contributed by atoms with Gasteiger partial charge in [-0.3, -0.25) is 18.9 Å². The Hall–Kier alpha value is -3.92. The van der Waals surface area contributed by atoms with Gasteiger partial charge in [-0.25, -0.2) is 8.42 Å². The van der Waals surface area contributed by atoms with Gasteiger partial charge >= 0.3 is 4.87 Å². The minimum Gasteiger partial charge on any atom is -0.345 e. The van der Waals surface area contributed by atoms with Gasteiger partial charge in [0.15, 0.2) is 0 Å². The number of hydrogen-bond donors (Lipinski definition) is 2. The predicted octanol–water partition coefficient (Wildman–Crippen LogP) is 6.06. The number of benzene rings is 4. The highest BCUT2D eigenvalue weighted by Crippen LogP contribution is 2.26. The summed E-state index contributed by atoms with van der Waals surface area (Å²) in [6, 6.07) is 27.4. The van der Waals surface area contributed by atoms with Crippen LogP contribution in [0.15, 0.2) is 107 Å². The standard InChI is InChI=1S/C29H24ClN3O4S2/c1-19(20-9-3-2-4-10-20)31-28(34)23-12-6-8-14-25(23)32-39(36,37)22-15-16-26-27(17-22)38-29(35)33(26)18-21-11-5-7-13-24(21)30/h2-17,19,32H,18H2,1H3,(H,31,34). The van der Waals surface area contributed by atoms with E-state index in [9.17, 15) is 18.0 Å². The lowest BCUT2D eigenvalue weighted by molar-refractivity contribution is 0.0941. The van der Waals surface area contributed by atoms with E-state index in [1.54, 1.807) is 34.9 Å². The van der Waals surface area contributed by atoms with Crippen molar-refractivity contribution in [1.29, 1.82) is 0 Å². The van der Waals surface area contributed by atoms with Gasteiger partial charge in [0.2, 0.25) is 0 Å². The van der Waals surface area contributed by atoms with Crippen LogP contribution in [0.4, 0.5) is 5.69 Å². The number of anilines is 1. The number of para-hydroxylation sites is 1. The summed E-state index contributed by atoms with van der Waals surface area (Å²) in [7, 11) is -4.07. The number of hydrogen-bond acceptors (Lipinski definition) is 5. The second-order valence-electron chi connectivity index (χ2n) is 8.93. The fraction of sp³-hybridized carbons (Fsp3) is 0.103. The van der Waals surface area contributed by atoms with Crippen molar-refractivity contribution in [3.05, 3.63) is 128 Å². The van der Waals surface area contributed by atoms with E-state index in [4.69, 9.17) is 11.6 Å². The second-order valence-corrected chi connectivity index (χ2v) is 12.0. The molecule has 1 heterocycles. The average molecular weight is 578 g/mol. The number of carbonyl (C=O) groups is 1. The summed E-state index contributed by atoms with van der Waals surface area (Å²) in [5, 5.41) is 3.47. The summed E-state index contributed by atoms with van der Waals surface area (Å²) in [4.78, 5) is 25.6. The first-order chi connectivity index (χ1) is 18.7. The van der Waals surface area contributed by atoms with Crippen LogP contribution in [-0.4, -0.2) is 18.9 Å². The molecule has 1 amide bonds. The molecule has 0 radical (unpaired) electrons. The van der Waals surface area contributed by atoms with E-state index in [1.807, 2.05) is 55.5 Å². The minimum absolute atomic E-state index is 0.0194. The summed E-state index contributed by atoms with van der Waals surface area (Å²) in [6.45, 7) is 2.13. The Bertz CT molecular complexity index is 1830. The van der Waals surface area contributed by atoms with Crippen LogP contribution in [0.5, 0.6) is 0 Å². The first-order valence-electron chi connectivity index (χ1n) is 12.1. The van der Waals surface area contributed by atoms with Gasteiger partial charge in [0.05, 0.1) is 38.9 Å². The Morgan fingerprint density at radius 1 is 0.949 bits per heavy atom. The highest BCUT2D eigenvalue weighted by atomic mass is 35.5. The van der Waals surface area contributed by atoms with Crippen molar-refractivity contribution in [3.63, 3.8) is 0 Å². The third-order valence-corrected chi connectivity index (χ3v) is 8.97. The molecule has 1 unspecified atom stereocenters. The molecule has 39 heavy (non-hydrogen) atoms. The summed E-state index contributed by atoms with van der Waals surface area (Å²) in [6.07, 6.45) is 0. The molecule has 0 spiro atoms. The number of fused-ring (bicyclic) bond motifs is 1. The zero-order valence-electron chi connectivity index (χ0n) is 20.8. The Labute approximate surface area is 234 Å². The Morgan fingerprint density at radius 3 is 2.41 bits per heavy atom. The topological polar surface area (TPSA) is 97.3 Å². The number of nitrogens with zero attached hydrogens (tertiary/aromatic N) is 1. The van der Waals surface area contributed by atoms with E-state index in [2.05, 4.69) is 10.0 Å². The molecule has 7 nitrogen and oxygen atoms in total. The maximum absolute atomic E-state index is 13.4. The smallest absolute Gasteiger partial charge is 0.308 e. The molecule has 4 aromatic carbocycles. The molecule has 10 heteroatoms. The van der Waals surface area contributed by atoms with Gasteiger partial charge in [-0.05, 0) is 54.4 Å². The quantitative estimate of drug-likeness (QED) is 0.234. The highest BCUT2D eigenvalue weighted by molar-refractivity contribution is 7.92. The average Bonchev–Trinajstić information content (AvgIpc) is 3.24. The lowest BCUT2D eigenvalue weighted by Crippen LogP contribution is -2.28. The molecule has 1 aromatic heterocycles. The van der Waals surface area contributed by atoms with Crippen LogP contribution in [0.2, 0.25) is 5.02 Å². The van der Waals surface area contributed by atoms with Crippen LogP contribution >= 0.6 is 22.9 Å². The van der Waals surface area contributed by atoms with Crippen LogP contribution in [0.3, 0.4) is 0 Å². The number of sulfonamides is 1.